The molecule has 0 atom stereocenters. The normalized spacial score (nSPS) is 10.9. The van der Waals surface area contributed by atoms with Crippen molar-refractivity contribution in [2.24, 2.45) is 0 Å². The SMILES string of the molecule is CCc1ccc(-c2cn3c(CC(=O)Nc4ccc(C(=O)O)cc4)csc3n2)cc1. The number of imidazole rings is 1. The zero-order chi connectivity index (χ0) is 20.4. The molecule has 0 fully saturated rings. The van der Waals surface area contributed by atoms with Gasteiger partial charge in [-0.1, -0.05) is 31.2 Å². The fourth-order valence-electron chi connectivity index (χ4n) is 3.07. The van der Waals surface area contributed by atoms with Gasteiger partial charge >= 0.3 is 5.97 Å². The number of amides is 1. The number of aromatic carboxylic acids is 1. The molecule has 2 aromatic carbocycles. The van der Waals surface area contributed by atoms with E-state index in [1.54, 1.807) is 12.1 Å². The van der Waals surface area contributed by atoms with E-state index < -0.39 is 5.97 Å². The average molecular weight is 405 g/mol. The summed E-state index contributed by atoms with van der Waals surface area (Å²) in [6.07, 6.45) is 3.15. The van der Waals surface area contributed by atoms with Crippen molar-refractivity contribution in [1.82, 2.24) is 9.38 Å². The number of hydrogen-bond donors (Lipinski definition) is 2. The molecule has 4 aromatic rings. The lowest BCUT2D eigenvalue weighted by molar-refractivity contribution is -0.115. The molecule has 29 heavy (non-hydrogen) atoms. The van der Waals surface area contributed by atoms with Crippen molar-refractivity contribution in [2.45, 2.75) is 19.8 Å². The number of benzene rings is 2. The summed E-state index contributed by atoms with van der Waals surface area (Å²) in [6, 6.07) is 14.4. The Morgan fingerprint density at radius 2 is 1.83 bits per heavy atom. The van der Waals surface area contributed by atoms with Gasteiger partial charge in [0.25, 0.3) is 0 Å². The maximum absolute atomic E-state index is 12.4. The number of carbonyl (C=O) groups is 2. The molecule has 6 nitrogen and oxygen atoms in total. The van der Waals surface area contributed by atoms with Gasteiger partial charge in [0.05, 0.1) is 17.7 Å². The van der Waals surface area contributed by atoms with E-state index in [9.17, 15) is 9.59 Å². The van der Waals surface area contributed by atoms with Crippen LogP contribution >= 0.6 is 11.3 Å². The predicted octanol–water partition coefficient (Wildman–Crippen LogP) is 4.50. The number of fused-ring (bicyclic) bond motifs is 1. The number of thiazole rings is 1. The summed E-state index contributed by atoms with van der Waals surface area (Å²) in [6.45, 7) is 2.12. The number of carboxylic acids is 1. The van der Waals surface area contributed by atoms with Crippen LogP contribution in [-0.2, 0) is 17.6 Å². The van der Waals surface area contributed by atoms with Crippen LogP contribution in [0.1, 0.15) is 28.5 Å². The van der Waals surface area contributed by atoms with Crippen LogP contribution in [0.2, 0.25) is 0 Å². The molecular formula is C22H19N3O3S. The Morgan fingerprint density at radius 3 is 2.48 bits per heavy atom. The van der Waals surface area contributed by atoms with Crippen molar-refractivity contribution in [3.63, 3.8) is 0 Å². The number of carboxylic acid groups (broad SMARTS) is 1. The van der Waals surface area contributed by atoms with Crippen molar-refractivity contribution >= 4 is 33.9 Å². The van der Waals surface area contributed by atoms with Crippen molar-refractivity contribution in [3.8, 4) is 11.3 Å². The summed E-state index contributed by atoms with van der Waals surface area (Å²) in [5.74, 6) is -1.17. The largest absolute Gasteiger partial charge is 0.478 e. The van der Waals surface area contributed by atoms with Gasteiger partial charge < -0.3 is 10.4 Å². The van der Waals surface area contributed by atoms with Crippen LogP contribution in [-0.4, -0.2) is 26.4 Å². The first kappa shape index (κ1) is 18.9. The molecule has 7 heteroatoms. The van der Waals surface area contributed by atoms with Crippen molar-refractivity contribution in [2.75, 3.05) is 5.32 Å². The molecule has 0 radical (unpaired) electrons. The van der Waals surface area contributed by atoms with Gasteiger partial charge in [-0.05, 0) is 36.2 Å². The minimum absolute atomic E-state index is 0.171. The van der Waals surface area contributed by atoms with Crippen LogP contribution in [0, 0.1) is 0 Å². The Hall–Kier alpha value is -3.45. The molecule has 0 spiro atoms. The lowest BCUT2D eigenvalue weighted by Crippen LogP contribution is -2.15. The van der Waals surface area contributed by atoms with Crippen LogP contribution in [0.3, 0.4) is 0 Å². The van der Waals surface area contributed by atoms with Crippen LogP contribution < -0.4 is 5.32 Å². The summed E-state index contributed by atoms with van der Waals surface area (Å²) in [4.78, 5) is 28.9. The lowest BCUT2D eigenvalue weighted by Gasteiger charge is -2.05. The molecule has 0 unspecified atom stereocenters. The summed E-state index contributed by atoms with van der Waals surface area (Å²) < 4.78 is 1.95. The Bertz CT molecular complexity index is 1170. The van der Waals surface area contributed by atoms with Crippen molar-refractivity contribution in [1.29, 1.82) is 0 Å². The van der Waals surface area contributed by atoms with E-state index in [-0.39, 0.29) is 17.9 Å². The van der Waals surface area contributed by atoms with Crippen molar-refractivity contribution < 1.29 is 14.7 Å². The highest BCUT2D eigenvalue weighted by Gasteiger charge is 2.13. The molecule has 0 aliphatic heterocycles. The molecular weight excluding hydrogens is 386 g/mol. The molecule has 0 saturated heterocycles. The van der Waals surface area contributed by atoms with Gasteiger partial charge in [0.1, 0.15) is 0 Å². The number of nitrogens with zero attached hydrogens (tertiary/aromatic N) is 2. The third kappa shape index (κ3) is 4.05. The van der Waals surface area contributed by atoms with Gasteiger partial charge in [-0.3, -0.25) is 9.20 Å². The molecule has 2 aromatic heterocycles. The van der Waals surface area contributed by atoms with Gasteiger partial charge in [0.15, 0.2) is 4.96 Å². The first-order chi connectivity index (χ1) is 14.0. The Morgan fingerprint density at radius 1 is 1.10 bits per heavy atom. The van der Waals surface area contributed by atoms with E-state index in [4.69, 9.17) is 5.11 Å². The molecule has 0 saturated carbocycles. The third-order valence-corrected chi connectivity index (χ3v) is 5.59. The third-order valence-electron chi connectivity index (χ3n) is 4.70. The first-order valence-electron chi connectivity index (χ1n) is 9.21. The molecule has 0 bridgehead atoms. The number of anilines is 1. The zero-order valence-corrected chi connectivity index (χ0v) is 16.6. The maximum Gasteiger partial charge on any atom is 0.335 e. The molecule has 0 aliphatic carbocycles. The monoisotopic (exact) mass is 405 g/mol. The number of hydrogen-bond acceptors (Lipinski definition) is 4. The number of rotatable bonds is 6. The number of aromatic nitrogens is 2. The topological polar surface area (TPSA) is 83.7 Å². The second-order valence-corrected chi connectivity index (χ2v) is 7.50. The first-order valence-corrected chi connectivity index (χ1v) is 10.1. The second kappa shape index (κ2) is 7.89. The summed E-state index contributed by atoms with van der Waals surface area (Å²) in [7, 11) is 0. The molecule has 2 N–H and O–H groups in total. The molecule has 2 heterocycles. The quantitative estimate of drug-likeness (QED) is 0.495. The Balaban J connectivity index is 1.49. The number of carbonyl (C=O) groups excluding carboxylic acids is 1. The molecule has 4 rings (SSSR count). The van der Waals surface area contributed by atoms with E-state index in [0.29, 0.717) is 5.69 Å². The Kier molecular flexibility index (Phi) is 5.14. The second-order valence-electron chi connectivity index (χ2n) is 6.66. The standard InChI is InChI=1S/C22H19N3O3S/c1-2-14-3-5-15(6-4-14)19-12-25-18(13-29-22(25)24-19)11-20(26)23-17-9-7-16(8-10-17)21(27)28/h3-10,12-13H,2,11H2,1H3,(H,23,26)(H,27,28). The highest BCUT2D eigenvalue weighted by atomic mass is 32.1. The average Bonchev–Trinajstić information content (AvgIpc) is 3.30. The van der Waals surface area contributed by atoms with Gasteiger partial charge in [0, 0.05) is 28.5 Å². The minimum atomic E-state index is -0.996. The molecule has 0 aliphatic rings. The Labute approximate surface area is 171 Å². The summed E-state index contributed by atoms with van der Waals surface area (Å²) in [5, 5.41) is 13.7. The highest BCUT2D eigenvalue weighted by molar-refractivity contribution is 7.15. The van der Waals surface area contributed by atoms with Crippen LogP contribution in [0.5, 0.6) is 0 Å². The summed E-state index contributed by atoms with van der Waals surface area (Å²) in [5.41, 5.74) is 4.81. The van der Waals surface area contributed by atoms with Crippen LogP contribution in [0.25, 0.3) is 16.2 Å². The summed E-state index contributed by atoms with van der Waals surface area (Å²) >= 11 is 1.50. The van der Waals surface area contributed by atoms with Crippen LogP contribution in [0.4, 0.5) is 5.69 Å². The number of aryl methyl sites for hydroxylation is 1. The van der Waals surface area contributed by atoms with Gasteiger partial charge in [-0.25, -0.2) is 9.78 Å². The van der Waals surface area contributed by atoms with Gasteiger partial charge in [-0.15, -0.1) is 11.3 Å². The molecule has 1 amide bonds. The smallest absolute Gasteiger partial charge is 0.335 e. The molecule has 146 valence electrons. The van der Waals surface area contributed by atoms with E-state index >= 15 is 0 Å². The van der Waals surface area contributed by atoms with Gasteiger partial charge in [0.2, 0.25) is 5.91 Å². The lowest BCUT2D eigenvalue weighted by atomic mass is 10.1. The van der Waals surface area contributed by atoms with E-state index in [0.717, 1.165) is 28.3 Å². The maximum atomic E-state index is 12.4. The van der Waals surface area contributed by atoms with E-state index in [2.05, 4.69) is 41.5 Å². The zero-order valence-electron chi connectivity index (χ0n) is 15.8. The van der Waals surface area contributed by atoms with E-state index in [1.807, 2.05) is 16.0 Å². The van der Waals surface area contributed by atoms with Crippen molar-refractivity contribution in [3.05, 3.63) is 76.9 Å². The predicted molar refractivity (Wildman–Crippen MR) is 114 cm³/mol. The highest BCUT2D eigenvalue weighted by Crippen LogP contribution is 2.24. The minimum Gasteiger partial charge on any atom is -0.478 e. The fourth-order valence-corrected chi connectivity index (χ4v) is 3.95. The van der Waals surface area contributed by atoms with Gasteiger partial charge in [-0.2, -0.15) is 0 Å². The number of nitrogens with one attached hydrogen (secondary N) is 1. The van der Waals surface area contributed by atoms with E-state index in [1.165, 1.54) is 29.0 Å². The van der Waals surface area contributed by atoms with Crippen LogP contribution in [0.15, 0.2) is 60.1 Å². The fraction of sp³-hybridized carbons (Fsp3) is 0.136.